The molecule has 1 fully saturated rings. The molecule has 1 heterocycles. The summed E-state index contributed by atoms with van der Waals surface area (Å²) in [7, 11) is 4.14. The van der Waals surface area contributed by atoms with E-state index in [1.165, 1.54) is 6.07 Å². The first kappa shape index (κ1) is 14.1. The van der Waals surface area contributed by atoms with E-state index in [-0.39, 0.29) is 11.0 Å². The second kappa shape index (κ2) is 5.33. The predicted octanol–water partition coefficient (Wildman–Crippen LogP) is 1.65. The highest BCUT2D eigenvalue weighted by Crippen LogP contribution is 2.37. The Morgan fingerprint density at radius 3 is 2.74 bits per heavy atom. The number of aromatic nitrogens is 2. The lowest BCUT2D eigenvalue weighted by Crippen LogP contribution is -2.34. The number of nitrogens with zero attached hydrogens (tertiary/aromatic N) is 2. The fraction of sp³-hybridized carbons (Fsp3) is 0.714. The topological polar surface area (TPSA) is 61.0 Å². The average Bonchev–Trinajstić information content (AvgIpc) is 3.07. The lowest BCUT2D eigenvalue weighted by Gasteiger charge is -2.28. The van der Waals surface area contributed by atoms with E-state index in [2.05, 4.69) is 48.1 Å². The standard InChI is InChI=1S/C14H24N4O/c1-14(2,9-18(3)4)8-15-11-7-12(19)17-13(16-11)10-5-6-10/h7,10H,5-6,8-9H2,1-4H3,(H2,15,16,17,19). The number of hydrogen-bond acceptors (Lipinski definition) is 4. The third-order valence-electron chi connectivity index (χ3n) is 3.22. The molecule has 0 radical (unpaired) electrons. The van der Waals surface area contributed by atoms with Gasteiger partial charge < -0.3 is 15.2 Å². The van der Waals surface area contributed by atoms with Gasteiger partial charge in [0.1, 0.15) is 11.6 Å². The maximum absolute atomic E-state index is 11.6. The van der Waals surface area contributed by atoms with Crippen molar-refractivity contribution in [2.75, 3.05) is 32.5 Å². The molecule has 0 unspecified atom stereocenters. The molecule has 5 heteroatoms. The van der Waals surface area contributed by atoms with Gasteiger partial charge in [-0.1, -0.05) is 13.8 Å². The van der Waals surface area contributed by atoms with Crippen molar-refractivity contribution >= 4 is 5.82 Å². The summed E-state index contributed by atoms with van der Waals surface area (Å²) in [5.41, 5.74) is 0.0675. The van der Waals surface area contributed by atoms with E-state index in [9.17, 15) is 4.79 Å². The summed E-state index contributed by atoms with van der Waals surface area (Å²) >= 11 is 0. The van der Waals surface area contributed by atoms with Gasteiger partial charge in [-0.05, 0) is 32.4 Å². The highest BCUT2D eigenvalue weighted by Gasteiger charge is 2.26. The molecule has 0 aliphatic heterocycles. The molecule has 1 aliphatic carbocycles. The number of H-pyrrole nitrogens is 1. The van der Waals surface area contributed by atoms with Crippen molar-refractivity contribution in [2.45, 2.75) is 32.6 Å². The van der Waals surface area contributed by atoms with Crippen LogP contribution in [0.3, 0.4) is 0 Å². The highest BCUT2D eigenvalue weighted by molar-refractivity contribution is 5.34. The molecule has 106 valence electrons. The van der Waals surface area contributed by atoms with Crippen molar-refractivity contribution in [1.82, 2.24) is 14.9 Å². The predicted molar refractivity (Wildman–Crippen MR) is 77.7 cm³/mol. The van der Waals surface area contributed by atoms with E-state index in [4.69, 9.17) is 0 Å². The van der Waals surface area contributed by atoms with Gasteiger partial charge in [0.25, 0.3) is 5.56 Å². The van der Waals surface area contributed by atoms with E-state index < -0.39 is 0 Å². The van der Waals surface area contributed by atoms with Crippen molar-refractivity contribution < 1.29 is 0 Å². The Hall–Kier alpha value is -1.36. The normalized spacial score (nSPS) is 15.8. The van der Waals surface area contributed by atoms with Gasteiger partial charge in [0.15, 0.2) is 0 Å². The Morgan fingerprint density at radius 1 is 1.47 bits per heavy atom. The van der Waals surface area contributed by atoms with E-state index in [0.717, 1.165) is 31.8 Å². The van der Waals surface area contributed by atoms with Crippen molar-refractivity contribution in [2.24, 2.45) is 5.41 Å². The Morgan fingerprint density at radius 2 is 2.16 bits per heavy atom. The first-order chi connectivity index (χ1) is 8.85. The van der Waals surface area contributed by atoms with Crippen LogP contribution in [0, 0.1) is 5.41 Å². The minimum Gasteiger partial charge on any atom is -0.369 e. The van der Waals surface area contributed by atoms with Crippen molar-refractivity contribution in [3.05, 3.63) is 22.2 Å². The molecule has 1 aromatic rings. The summed E-state index contributed by atoms with van der Waals surface area (Å²) in [6.45, 7) is 6.19. The van der Waals surface area contributed by atoms with Crippen LogP contribution in [0.1, 0.15) is 38.4 Å². The molecule has 19 heavy (non-hydrogen) atoms. The first-order valence-corrected chi connectivity index (χ1v) is 6.86. The van der Waals surface area contributed by atoms with Crippen molar-refractivity contribution in [3.8, 4) is 0 Å². The Bertz CT molecular complexity index is 488. The van der Waals surface area contributed by atoms with Crippen molar-refractivity contribution in [1.29, 1.82) is 0 Å². The zero-order valence-electron chi connectivity index (χ0n) is 12.3. The number of nitrogens with one attached hydrogen (secondary N) is 2. The lowest BCUT2D eigenvalue weighted by atomic mass is 9.93. The minimum absolute atomic E-state index is 0.0650. The van der Waals surface area contributed by atoms with Crippen LogP contribution in [0.4, 0.5) is 5.82 Å². The molecule has 0 amide bonds. The van der Waals surface area contributed by atoms with Gasteiger partial charge in [0.2, 0.25) is 0 Å². The van der Waals surface area contributed by atoms with Gasteiger partial charge in [-0.3, -0.25) is 4.79 Å². The average molecular weight is 264 g/mol. The van der Waals surface area contributed by atoms with Crippen LogP contribution in [0.25, 0.3) is 0 Å². The molecule has 0 aromatic carbocycles. The molecular weight excluding hydrogens is 240 g/mol. The molecule has 0 saturated heterocycles. The summed E-state index contributed by atoms with van der Waals surface area (Å²) < 4.78 is 0. The maximum Gasteiger partial charge on any atom is 0.252 e. The fourth-order valence-electron chi connectivity index (χ4n) is 2.36. The van der Waals surface area contributed by atoms with Gasteiger partial charge >= 0.3 is 0 Å². The Labute approximate surface area is 114 Å². The monoisotopic (exact) mass is 264 g/mol. The fourth-order valence-corrected chi connectivity index (χ4v) is 2.36. The number of hydrogen-bond donors (Lipinski definition) is 2. The third-order valence-corrected chi connectivity index (χ3v) is 3.22. The molecule has 2 rings (SSSR count). The number of aromatic amines is 1. The summed E-state index contributed by atoms with van der Waals surface area (Å²) in [6.07, 6.45) is 2.27. The second-order valence-corrected chi connectivity index (χ2v) is 6.55. The van der Waals surface area contributed by atoms with E-state index in [1.54, 1.807) is 0 Å². The molecule has 1 aromatic heterocycles. The molecule has 1 aliphatic rings. The molecular formula is C14H24N4O. The lowest BCUT2D eigenvalue weighted by molar-refractivity contribution is 0.254. The molecule has 0 bridgehead atoms. The van der Waals surface area contributed by atoms with Crippen LogP contribution in [0.5, 0.6) is 0 Å². The molecule has 0 atom stereocenters. The van der Waals surface area contributed by atoms with Crippen LogP contribution < -0.4 is 10.9 Å². The summed E-state index contributed by atoms with van der Waals surface area (Å²) in [5.74, 6) is 1.99. The van der Waals surface area contributed by atoms with E-state index >= 15 is 0 Å². The second-order valence-electron chi connectivity index (χ2n) is 6.55. The van der Waals surface area contributed by atoms with E-state index in [0.29, 0.717) is 11.7 Å². The van der Waals surface area contributed by atoms with Gasteiger partial charge in [-0.2, -0.15) is 0 Å². The molecule has 2 N–H and O–H groups in total. The Balaban J connectivity index is 2.01. The van der Waals surface area contributed by atoms with Crippen LogP contribution >= 0.6 is 0 Å². The van der Waals surface area contributed by atoms with Gasteiger partial charge in [-0.25, -0.2) is 4.98 Å². The number of rotatable bonds is 6. The maximum atomic E-state index is 11.6. The molecule has 5 nitrogen and oxygen atoms in total. The highest BCUT2D eigenvalue weighted by atomic mass is 16.1. The zero-order chi connectivity index (χ0) is 14.0. The first-order valence-electron chi connectivity index (χ1n) is 6.86. The SMILES string of the molecule is CN(C)CC(C)(C)CNc1cc(=O)[nH]c(C2CC2)n1. The smallest absolute Gasteiger partial charge is 0.252 e. The largest absolute Gasteiger partial charge is 0.369 e. The Kier molecular flexibility index (Phi) is 3.94. The van der Waals surface area contributed by atoms with Crippen LogP contribution in [-0.2, 0) is 0 Å². The van der Waals surface area contributed by atoms with Crippen LogP contribution in [0.2, 0.25) is 0 Å². The van der Waals surface area contributed by atoms with Crippen molar-refractivity contribution in [3.63, 3.8) is 0 Å². The van der Waals surface area contributed by atoms with E-state index in [1.807, 2.05) is 0 Å². The summed E-state index contributed by atoms with van der Waals surface area (Å²) in [4.78, 5) is 21.1. The van der Waals surface area contributed by atoms with Crippen LogP contribution in [0.15, 0.2) is 10.9 Å². The summed E-state index contributed by atoms with van der Waals surface area (Å²) in [6, 6.07) is 1.54. The zero-order valence-corrected chi connectivity index (χ0v) is 12.3. The number of anilines is 1. The van der Waals surface area contributed by atoms with Gasteiger partial charge in [0, 0.05) is 25.1 Å². The van der Waals surface area contributed by atoms with Gasteiger partial charge in [0.05, 0.1) is 0 Å². The van der Waals surface area contributed by atoms with Gasteiger partial charge in [-0.15, -0.1) is 0 Å². The third kappa shape index (κ3) is 4.35. The molecule has 0 spiro atoms. The summed E-state index contributed by atoms with van der Waals surface area (Å²) in [5, 5.41) is 3.30. The minimum atomic E-state index is -0.0650. The van der Waals surface area contributed by atoms with Crippen LogP contribution in [-0.4, -0.2) is 42.1 Å². The quantitative estimate of drug-likeness (QED) is 0.820. The molecule has 1 saturated carbocycles.